The van der Waals surface area contributed by atoms with Crippen molar-refractivity contribution in [3.05, 3.63) is 54.1 Å². The van der Waals surface area contributed by atoms with Gasteiger partial charge in [-0.25, -0.2) is 4.98 Å². The first kappa shape index (κ1) is 10.7. The Morgan fingerprint density at radius 2 is 2.11 bits per heavy atom. The highest BCUT2D eigenvalue weighted by molar-refractivity contribution is 5.74. The van der Waals surface area contributed by atoms with Crippen LogP contribution >= 0.6 is 0 Å². The van der Waals surface area contributed by atoms with Crippen molar-refractivity contribution in [2.24, 2.45) is 0 Å². The lowest BCUT2D eigenvalue weighted by atomic mass is 10.2. The summed E-state index contributed by atoms with van der Waals surface area (Å²) in [5.74, 6) is 0. The van der Waals surface area contributed by atoms with Gasteiger partial charge in [0.2, 0.25) is 0 Å². The van der Waals surface area contributed by atoms with Gasteiger partial charge < -0.3 is 0 Å². The lowest BCUT2D eigenvalue weighted by molar-refractivity contribution is 0.111. The van der Waals surface area contributed by atoms with Gasteiger partial charge in [0.1, 0.15) is 11.3 Å². The number of fused-ring (bicyclic) bond motifs is 1. The van der Waals surface area contributed by atoms with Crippen LogP contribution in [-0.4, -0.2) is 20.7 Å². The standard InChI is InChI=1S/C14H11N3O/c1-10-3-2-4-13(16-10)11-5-6-14-15-7-12(9-18)17(14)8-11/h2-9H,1H3. The molecule has 0 radical (unpaired) electrons. The van der Waals surface area contributed by atoms with Crippen molar-refractivity contribution in [1.82, 2.24) is 14.4 Å². The topological polar surface area (TPSA) is 47.3 Å². The zero-order valence-corrected chi connectivity index (χ0v) is 9.87. The molecule has 4 nitrogen and oxygen atoms in total. The van der Waals surface area contributed by atoms with Crippen molar-refractivity contribution in [2.45, 2.75) is 6.92 Å². The van der Waals surface area contributed by atoms with Crippen LogP contribution in [-0.2, 0) is 0 Å². The Bertz CT molecular complexity index is 731. The van der Waals surface area contributed by atoms with Gasteiger partial charge in [-0.2, -0.15) is 0 Å². The van der Waals surface area contributed by atoms with E-state index in [0.717, 1.165) is 28.9 Å². The second kappa shape index (κ2) is 4.07. The van der Waals surface area contributed by atoms with Gasteiger partial charge in [0.15, 0.2) is 6.29 Å². The average Bonchev–Trinajstić information content (AvgIpc) is 2.80. The first-order valence-electron chi connectivity index (χ1n) is 5.64. The number of nitrogens with zero attached hydrogens (tertiary/aromatic N) is 3. The summed E-state index contributed by atoms with van der Waals surface area (Å²) in [6, 6.07) is 9.71. The molecule has 0 bridgehead atoms. The van der Waals surface area contributed by atoms with E-state index in [1.165, 1.54) is 0 Å². The summed E-state index contributed by atoms with van der Waals surface area (Å²) in [4.78, 5) is 19.5. The molecule has 0 aliphatic rings. The molecule has 0 amide bonds. The number of aromatic nitrogens is 3. The molecule has 88 valence electrons. The van der Waals surface area contributed by atoms with E-state index in [1.807, 2.05) is 43.5 Å². The average molecular weight is 237 g/mol. The molecule has 0 aliphatic heterocycles. The first-order chi connectivity index (χ1) is 8.78. The van der Waals surface area contributed by atoms with Crippen molar-refractivity contribution >= 4 is 11.9 Å². The minimum atomic E-state index is 0.541. The molecule has 0 saturated heterocycles. The van der Waals surface area contributed by atoms with Gasteiger partial charge in [-0.1, -0.05) is 6.07 Å². The van der Waals surface area contributed by atoms with E-state index in [0.29, 0.717) is 5.69 Å². The summed E-state index contributed by atoms with van der Waals surface area (Å²) < 4.78 is 1.77. The zero-order valence-electron chi connectivity index (χ0n) is 9.87. The number of carbonyl (C=O) groups is 1. The summed E-state index contributed by atoms with van der Waals surface area (Å²) in [6.45, 7) is 1.95. The fraction of sp³-hybridized carbons (Fsp3) is 0.0714. The highest BCUT2D eigenvalue weighted by atomic mass is 16.1. The van der Waals surface area contributed by atoms with Crippen LogP contribution in [0.2, 0.25) is 0 Å². The number of rotatable bonds is 2. The molecule has 3 heterocycles. The normalized spacial score (nSPS) is 10.7. The molecule has 0 N–H and O–H groups in total. The van der Waals surface area contributed by atoms with E-state index in [9.17, 15) is 4.79 Å². The molecule has 4 heteroatoms. The smallest absolute Gasteiger partial charge is 0.168 e. The lowest BCUT2D eigenvalue weighted by Crippen LogP contribution is -1.93. The fourth-order valence-electron chi connectivity index (χ4n) is 1.94. The number of pyridine rings is 2. The SMILES string of the molecule is Cc1cccc(-c2ccc3ncc(C=O)n3c2)n1. The number of aldehydes is 1. The van der Waals surface area contributed by atoms with Crippen molar-refractivity contribution < 1.29 is 4.79 Å². The van der Waals surface area contributed by atoms with Crippen LogP contribution in [0.1, 0.15) is 16.2 Å². The van der Waals surface area contributed by atoms with Crippen LogP contribution < -0.4 is 0 Å². The molecule has 0 unspecified atom stereocenters. The van der Waals surface area contributed by atoms with Crippen molar-refractivity contribution in [3.63, 3.8) is 0 Å². The second-order valence-corrected chi connectivity index (χ2v) is 4.11. The Labute approximate surface area is 104 Å². The molecule has 0 fully saturated rings. The highest BCUT2D eigenvalue weighted by Gasteiger charge is 2.05. The summed E-state index contributed by atoms with van der Waals surface area (Å²) in [7, 11) is 0. The molecular weight excluding hydrogens is 226 g/mol. The van der Waals surface area contributed by atoms with Gasteiger partial charge in [-0.3, -0.25) is 14.2 Å². The number of imidazole rings is 1. The van der Waals surface area contributed by atoms with Gasteiger partial charge in [0, 0.05) is 17.5 Å². The molecular formula is C14H11N3O. The summed E-state index contributed by atoms with van der Waals surface area (Å²) in [6.07, 6.45) is 4.25. The van der Waals surface area contributed by atoms with Crippen molar-refractivity contribution in [3.8, 4) is 11.3 Å². The van der Waals surface area contributed by atoms with Gasteiger partial charge in [0.25, 0.3) is 0 Å². The first-order valence-corrected chi connectivity index (χ1v) is 5.64. The molecule has 0 aliphatic carbocycles. The number of hydrogen-bond acceptors (Lipinski definition) is 3. The second-order valence-electron chi connectivity index (χ2n) is 4.11. The maximum atomic E-state index is 10.9. The maximum Gasteiger partial charge on any atom is 0.168 e. The molecule has 0 aromatic carbocycles. The van der Waals surface area contributed by atoms with Crippen LogP contribution in [0.4, 0.5) is 0 Å². The quantitative estimate of drug-likeness (QED) is 0.643. The van der Waals surface area contributed by atoms with E-state index >= 15 is 0 Å². The molecule has 3 aromatic rings. The Morgan fingerprint density at radius 3 is 2.89 bits per heavy atom. The fourth-order valence-corrected chi connectivity index (χ4v) is 1.94. The van der Waals surface area contributed by atoms with E-state index in [1.54, 1.807) is 10.6 Å². The largest absolute Gasteiger partial charge is 0.297 e. The molecule has 0 spiro atoms. The van der Waals surface area contributed by atoms with Gasteiger partial charge in [-0.05, 0) is 31.2 Å². The number of hydrogen-bond donors (Lipinski definition) is 0. The molecule has 3 rings (SSSR count). The summed E-state index contributed by atoms with van der Waals surface area (Å²) in [5, 5.41) is 0. The Kier molecular flexibility index (Phi) is 2.41. The molecule has 0 atom stereocenters. The van der Waals surface area contributed by atoms with E-state index in [4.69, 9.17) is 0 Å². The number of carbonyl (C=O) groups excluding carboxylic acids is 1. The van der Waals surface area contributed by atoms with Crippen molar-refractivity contribution in [2.75, 3.05) is 0 Å². The van der Waals surface area contributed by atoms with Crippen LogP contribution in [0.3, 0.4) is 0 Å². The minimum absolute atomic E-state index is 0.541. The van der Waals surface area contributed by atoms with E-state index in [2.05, 4.69) is 9.97 Å². The third-order valence-corrected chi connectivity index (χ3v) is 2.84. The lowest BCUT2D eigenvalue weighted by Gasteiger charge is -2.03. The predicted molar refractivity (Wildman–Crippen MR) is 68.5 cm³/mol. The van der Waals surface area contributed by atoms with E-state index in [-0.39, 0.29) is 0 Å². The maximum absolute atomic E-state index is 10.9. The molecule has 0 saturated carbocycles. The summed E-state index contributed by atoms with van der Waals surface area (Å²) >= 11 is 0. The molecule has 3 aromatic heterocycles. The van der Waals surface area contributed by atoms with E-state index < -0.39 is 0 Å². The predicted octanol–water partition coefficient (Wildman–Crippen LogP) is 2.52. The minimum Gasteiger partial charge on any atom is -0.297 e. The Morgan fingerprint density at radius 1 is 1.22 bits per heavy atom. The number of aryl methyl sites for hydroxylation is 1. The zero-order chi connectivity index (χ0) is 12.5. The van der Waals surface area contributed by atoms with Crippen LogP contribution in [0.15, 0.2) is 42.7 Å². The summed E-state index contributed by atoms with van der Waals surface area (Å²) in [5.41, 5.74) is 4.12. The third kappa shape index (κ3) is 1.68. The van der Waals surface area contributed by atoms with Gasteiger partial charge >= 0.3 is 0 Å². The Hall–Kier alpha value is -2.49. The van der Waals surface area contributed by atoms with Gasteiger partial charge in [-0.15, -0.1) is 0 Å². The van der Waals surface area contributed by atoms with Crippen molar-refractivity contribution in [1.29, 1.82) is 0 Å². The van der Waals surface area contributed by atoms with Crippen LogP contribution in [0, 0.1) is 6.92 Å². The third-order valence-electron chi connectivity index (χ3n) is 2.84. The molecule has 18 heavy (non-hydrogen) atoms. The highest BCUT2D eigenvalue weighted by Crippen LogP contribution is 2.18. The Balaban J connectivity index is 2.21. The van der Waals surface area contributed by atoms with Crippen LogP contribution in [0.25, 0.3) is 16.9 Å². The monoisotopic (exact) mass is 237 g/mol. The van der Waals surface area contributed by atoms with Crippen LogP contribution in [0.5, 0.6) is 0 Å². The van der Waals surface area contributed by atoms with Gasteiger partial charge in [0.05, 0.1) is 11.9 Å².